The van der Waals surface area contributed by atoms with Crippen molar-refractivity contribution in [3.05, 3.63) is 17.3 Å². The predicted molar refractivity (Wildman–Crippen MR) is 63.3 cm³/mol. The summed E-state index contributed by atoms with van der Waals surface area (Å²) in [6.45, 7) is 5.67. The molecule has 0 saturated carbocycles. The lowest BCUT2D eigenvalue weighted by Crippen LogP contribution is -2.14. The van der Waals surface area contributed by atoms with Crippen molar-refractivity contribution < 1.29 is 13.9 Å². The highest BCUT2D eigenvalue weighted by molar-refractivity contribution is 7.98. The summed E-state index contributed by atoms with van der Waals surface area (Å²) >= 11 is 1.62. The maximum absolute atomic E-state index is 11.1. The Morgan fingerprint density at radius 3 is 2.75 bits per heavy atom. The number of thioether (sulfide) groups is 1. The van der Waals surface area contributed by atoms with Crippen molar-refractivity contribution in [3.8, 4) is 0 Å². The monoisotopic (exact) mass is 243 g/mol. The molecular weight excluding hydrogens is 226 g/mol. The van der Waals surface area contributed by atoms with Crippen molar-refractivity contribution in [1.29, 1.82) is 0 Å². The number of aryl methyl sites for hydroxylation is 2. The van der Waals surface area contributed by atoms with E-state index in [9.17, 15) is 4.79 Å². The maximum Gasteiger partial charge on any atom is 0.309 e. The van der Waals surface area contributed by atoms with E-state index in [1.807, 2.05) is 20.8 Å². The molecule has 1 aromatic heterocycles. The van der Waals surface area contributed by atoms with Gasteiger partial charge in [-0.05, 0) is 13.8 Å². The van der Waals surface area contributed by atoms with Crippen LogP contribution >= 0.6 is 11.8 Å². The van der Waals surface area contributed by atoms with Gasteiger partial charge in [0.1, 0.15) is 5.76 Å². The molecule has 1 aromatic rings. The first-order valence-electron chi connectivity index (χ1n) is 5.13. The van der Waals surface area contributed by atoms with Crippen LogP contribution in [-0.4, -0.2) is 23.8 Å². The van der Waals surface area contributed by atoms with E-state index >= 15 is 0 Å². The Labute approximate surface area is 99.8 Å². The molecule has 0 N–H and O–H groups in total. The van der Waals surface area contributed by atoms with E-state index in [0.717, 1.165) is 17.3 Å². The van der Waals surface area contributed by atoms with Crippen LogP contribution in [0.15, 0.2) is 4.42 Å². The van der Waals surface area contributed by atoms with E-state index in [1.165, 1.54) is 7.11 Å². The lowest BCUT2D eigenvalue weighted by molar-refractivity contribution is -0.143. The van der Waals surface area contributed by atoms with Gasteiger partial charge in [0.05, 0.1) is 24.5 Å². The molecule has 0 saturated heterocycles. The molecule has 0 bridgehead atoms. The highest BCUT2D eigenvalue weighted by Gasteiger charge is 2.13. The molecular formula is C11H17NO3S. The van der Waals surface area contributed by atoms with Crippen LogP contribution in [0.2, 0.25) is 0 Å². The van der Waals surface area contributed by atoms with Gasteiger partial charge >= 0.3 is 5.97 Å². The van der Waals surface area contributed by atoms with Crippen molar-refractivity contribution in [2.45, 2.75) is 26.5 Å². The minimum atomic E-state index is -0.174. The molecule has 90 valence electrons. The molecule has 4 nitrogen and oxygen atoms in total. The van der Waals surface area contributed by atoms with Gasteiger partial charge in [-0.2, -0.15) is 11.8 Å². The Morgan fingerprint density at radius 2 is 2.25 bits per heavy atom. The van der Waals surface area contributed by atoms with Gasteiger partial charge < -0.3 is 9.15 Å². The van der Waals surface area contributed by atoms with Crippen LogP contribution in [0.1, 0.15) is 24.3 Å². The van der Waals surface area contributed by atoms with E-state index < -0.39 is 0 Å². The number of methoxy groups -OCH3 is 1. The second-order valence-corrected chi connectivity index (χ2v) is 4.72. The number of aromatic nitrogens is 1. The fourth-order valence-corrected chi connectivity index (χ4v) is 2.10. The molecule has 0 radical (unpaired) electrons. The molecule has 0 spiro atoms. The predicted octanol–water partition coefficient (Wildman–Crippen LogP) is 2.33. The van der Waals surface area contributed by atoms with Crippen LogP contribution in [0.3, 0.4) is 0 Å². The summed E-state index contributed by atoms with van der Waals surface area (Å²) < 4.78 is 10.1. The number of hydrogen-bond donors (Lipinski definition) is 0. The summed E-state index contributed by atoms with van der Waals surface area (Å²) in [7, 11) is 1.41. The topological polar surface area (TPSA) is 52.3 Å². The Kier molecular flexibility index (Phi) is 4.86. The largest absolute Gasteiger partial charge is 0.469 e. The molecule has 1 rings (SSSR count). The van der Waals surface area contributed by atoms with Gasteiger partial charge in [-0.3, -0.25) is 4.79 Å². The smallest absolute Gasteiger partial charge is 0.309 e. The Balaban J connectivity index is 2.33. The SMILES string of the molecule is COC(=O)[C@H](C)CSCc1nc(C)c(C)o1. The average Bonchev–Trinajstić information content (AvgIpc) is 2.57. The number of esters is 1. The zero-order valence-corrected chi connectivity index (χ0v) is 10.9. The molecule has 0 fully saturated rings. The zero-order valence-electron chi connectivity index (χ0n) is 10.1. The normalized spacial score (nSPS) is 12.5. The number of rotatable bonds is 5. The number of carbonyl (C=O) groups excluding carboxylic acids is 1. The zero-order chi connectivity index (χ0) is 12.1. The quantitative estimate of drug-likeness (QED) is 0.743. The van der Waals surface area contributed by atoms with Gasteiger partial charge in [-0.15, -0.1) is 0 Å². The summed E-state index contributed by atoms with van der Waals surface area (Å²) in [6, 6.07) is 0. The second-order valence-electron chi connectivity index (χ2n) is 3.69. The number of hydrogen-bond acceptors (Lipinski definition) is 5. The van der Waals surface area contributed by atoms with Gasteiger partial charge in [-0.25, -0.2) is 4.98 Å². The summed E-state index contributed by atoms with van der Waals surface area (Å²) in [6.07, 6.45) is 0. The molecule has 0 aliphatic carbocycles. The molecule has 5 heteroatoms. The van der Waals surface area contributed by atoms with E-state index in [2.05, 4.69) is 9.72 Å². The van der Waals surface area contributed by atoms with E-state index in [4.69, 9.17) is 4.42 Å². The Hall–Kier alpha value is -0.970. The summed E-state index contributed by atoms with van der Waals surface area (Å²) in [5, 5.41) is 0. The number of nitrogens with zero attached hydrogens (tertiary/aromatic N) is 1. The van der Waals surface area contributed by atoms with Crippen molar-refractivity contribution in [1.82, 2.24) is 4.98 Å². The molecule has 1 heterocycles. The van der Waals surface area contributed by atoms with Crippen LogP contribution in [0.25, 0.3) is 0 Å². The number of ether oxygens (including phenoxy) is 1. The summed E-state index contributed by atoms with van der Waals surface area (Å²) in [5.41, 5.74) is 0.927. The van der Waals surface area contributed by atoms with Gasteiger partial charge in [0.15, 0.2) is 0 Å². The maximum atomic E-state index is 11.1. The number of oxazole rings is 1. The first-order chi connectivity index (χ1) is 7.54. The minimum absolute atomic E-state index is 0.0906. The molecule has 0 aliphatic heterocycles. The molecule has 0 amide bonds. The molecule has 16 heavy (non-hydrogen) atoms. The van der Waals surface area contributed by atoms with Crippen LogP contribution in [0.4, 0.5) is 0 Å². The lowest BCUT2D eigenvalue weighted by atomic mass is 10.2. The first kappa shape index (κ1) is 13.1. The highest BCUT2D eigenvalue weighted by Crippen LogP contribution is 2.17. The van der Waals surface area contributed by atoms with Crippen LogP contribution in [0.5, 0.6) is 0 Å². The van der Waals surface area contributed by atoms with Crippen LogP contribution in [-0.2, 0) is 15.3 Å². The third-order valence-electron chi connectivity index (χ3n) is 2.27. The highest BCUT2D eigenvalue weighted by atomic mass is 32.2. The van der Waals surface area contributed by atoms with E-state index in [-0.39, 0.29) is 11.9 Å². The first-order valence-corrected chi connectivity index (χ1v) is 6.28. The fourth-order valence-electron chi connectivity index (χ4n) is 1.19. The molecule has 1 atom stereocenters. The Morgan fingerprint density at radius 1 is 1.56 bits per heavy atom. The third-order valence-corrected chi connectivity index (χ3v) is 3.46. The second kappa shape index (κ2) is 5.94. The standard InChI is InChI=1S/C11H17NO3S/c1-7(11(13)14-4)5-16-6-10-12-8(2)9(3)15-10/h7H,5-6H2,1-4H3/t7-/m1/s1. The fraction of sp³-hybridized carbons (Fsp3) is 0.636. The summed E-state index contributed by atoms with van der Waals surface area (Å²) in [4.78, 5) is 15.4. The minimum Gasteiger partial charge on any atom is -0.469 e. The van der Waals surface area contributed by atoms with Gasteiger partial charge in [0.2, 0.25) is 5.89 Å². The van der Waals surface area contributed by atoms with Crippen LogP contribution in [0, 0.1) is 19.8 Å². The molecule has 0 aromatic carbocycles. The summed E-state index contributed by atoms with van der Waals surface area (Å²) in [5.74, 6) is 2.72. The van der Waals surface area contributed by atoms with Gasteiger partial charge in [0, 0.05) is 5.75 Å². The van der Waals surface area contributed by atoms with E-state index in [1.54, 1.807) is 11.8 Å². The Bertz CT molecular complexity index is 343. The van der Waals surface area contributed by atoms with Gasteiger partial charge in [-0.1, -0.05) is 6.92 Å². The third kappa shape index (κ3) is 3.56. The lowest BCUT2D eigenvalue weighted by Gasteiger charge is -2.06. The van der Waals surface area contributed by atoms with Crippen molar-refractivity contribution in [2.24, 2.45) is 5.92 Å². The molecule has 0 unspecified atom stereocenters. The average molecular weight is 243 g/mol. The van der Waals surface area contributed by atoms with Crippen LogP contribution < -0.4 is 0 Å². The molecule has 0 aliphatic rings. The van der Waals surface area contributed by atoms with Gasteiger partial charge in [0.25, 0.3) is 0 Å². The van der Waals surface area contributed by atoms with Crippen molar-refractivity contribution in [3.63, 3.8) is 0 Å². The van der Waals surface area contributed by atoms with E-state index in [0.29, 0.717) is 11.5 Å². The van der Waals surface area contributed by atoms with Crippen molar-refractivity contribution in [2.75, 3.05) is 12.9 Å². The number of carbonyl (C=O) groups is 1. The van der Waals surface area contributed by atoms with Crippen molar-refractivity contribution >= 4 is 17.7 Å².